The lowest BCUT2D eigenvalue weighted by Gasteiger charge is -2.31. The maximum atomic E-state index is 13.5. The largest absolute Gasteiger partial charge is 0.362 e. The van der Waals surface area contributed by atoms with Gasteiger partial charge in [-0.1, -0.05) is 30.3 Å². The summed E-state index contributed by atoms with van der Waals surface area (Å²) in [5.74, 6) is -1.47. The highest BCUT2D eigenvalue weighted by atomic mass is 16.6. The third kappa shape index (κ3) is 4.91. The summed E-state index contributed by atoms with van der Waals surface area (Å²) in [7, 11) is 0. The van der Waals surface area contributed by atoms with E-state index >= 15 is 0 Å². The van der Waals surface area contributed by atoms with Crippen LogP contribution in [0.5, 0.6) is 0 Å². The number of carbonyl (C=O) groups excluding carboxylic acids is 2. The number of hydrogen-bond acceptors (Lipinski definition) is 7. The highest BCUT2D eigenvalue weighted by Crippen LogP contribution is 2.42. The van der Waals surface area contributed by atoms with Gasteiger partial charge in [-0.2, -0.15) is 0 Å². The molecule has 35 heavy (non-hydrogen) atoms. The first-order valence-electron chi connectivity index (χ1n) is 10.7. The van der Waals surface area contributed by atoms with Crippen molar-refractivity contribution in [2.45, 2.75) is 19.8 Å². The van der Waals surface area contributed by atoms with Crippen LogP contribution in [0.1, 0.15) is 25.3 Å². The zero-order valence-electron chi connectivity index (χ0n) is 19.0. The Hall–Kier alpha value is -4.86. The number of nitro benzene ring substituents is 1. The van der Waals surface area contributed by atoms with Gasteiger partial charge in [-0.25, -0.2) is 9.97 Å². The predicted molar refractivity (Wildman–Crippen MR) is 130 cm³/mol. The molecule has 1 aliphatic heterocycles. The molecule has 1 aliphatic rings. The number of aromatic nitrogens is 2. The molecule has 1 aromatic carbocycles. The van der Waals surface area contributed by atoms with E-state index in [2.05, 4.69) is 25.9 Å². The molecule has 2 aromatic heterocycles. The number of allylic oxidation sites excluding steroid dienone is 2. The van der Waals surface area contributed by atoms with Gasteiger partial charge in [0.1, 0.15) is 11.6 Å². The fraction of sp³-hybridized carbons (Fsp3) is 0.120. The van der Waals surface area contributed by atoms with Crippen molar-refractivity contribution in [1.82, 2.24) is 15.3 Å². The van der Waals surface area contributed by atoms with Gasteiger partial charge in [-0.05, 0) is 38.1 Å². The number of pyridine rings is 2. The smallest absolute Gasteiger partial charge is 0.273 e. The molecule has 0 fully saturated rings. The third-order valence-corrected chi connectivity index (χ3v) is 5.51. The van der Waals surface area contributed by atoms with E-state index in [1.165, 1.54) is 24.5 Å². The summed E-state index contributed by atoms with van der Waals surface area (Å²) in [6.07, 6.45) is 3.07. The average molecular weight is 470 g/mol. The number of rotatable bonds is 6. The summed E-state index contributed by atoms with van der Waals surface area (Å²) in [6, 6.07) is 16.2. The first-order valence-corrected chi connectivity index (χ1v) is 10.7. The molecule has 4 rings (SSSR count). The van der Waals surface area contributed by atoms with Crippen LogP contribution in [0, 0.1) is 10.1 Å². The molecule has 3 heterocycles. The van der Waals surface area contributed by atoms with Gasteiger partial charge in [0.2, 0.25) is 0 Å². The summed E-state index contributed by atoms with van der Waals surface area (Å²) in [4.78, 5) is 46.6. The fourth-order valence-electron chi connectivity index (χ4n) is 4.05. The zero-order chi connectivity index (χ0) is 24.9. The Morgan fingerprint density at radius 3 is 1.77 bits per heavy atom. The number of nitro groups is 1. The Morgan fingerprint density at radius 1 is 0.829 bits per heavy atom. The molecular weight excluding hydrogens is 448 g/mol. The van der Waals surface area contributed by atoms with Crippen LogP contribution in [0.15, 0.2) is 95.6 Å². The van der Waals surface area contributed by atoms with Crippen molar-refractivity contribution < 1.29 is 14.5 Å². The number of benzene rings is 1. The van der Waals surface area contributed by atoms with Crippen LogP contribution in [-0.4, -0.2) is 26.7 Å². The van der Waals surface area contributed by atoms with Crippen LogP contribution in [0.3, 0.4) is 0 Å². The Balaban J connectivity index is 1.84. The minimum atomic E-state index is -1.02. The van der Waals surface area contributed by atoms with E-state index in [0.717, 1.165) is 0 Å². The quantitative estimate of drug-likeness (QED) is 0.367. The van der Waals surface area contributed by atoms with Gasteiger partial charge in [0.25, 0.3) is 17.5 Å². The minimum Gasteiger partial charge on any atom is -0.362 e. The Morgan fingerprint density at radius 2 is 1.31 bits per heavy atom. The molecule has 3 aromatic rings. The molecule has 0 spiro atoms. The number of amides is 2. The molecule has 0 saturated carbocycles. The molecule has 2 amide bonds. The molecule has 0 bridgehead atoms. The van der Waals surface area contributed by atoms with Gasteiger partial charge < -0.3 is 16.0 Å². The van der Waals surface area contributed by atoms with Gasteiger partial charge in [-0.15, -0.1) is 0 Å². The van der Waals surface area contributed by atoms with E-state index in [0.29, 0.717) is 23.0 Å². The van der Waals surface area contributed by atoms with Crippen molar-refractivity contribution in [1.29, 1.82) is 0 Å². The van der Waals surface area contributed by atoms with E-state index in [9.17, 15) is 19.7 Å². The van der Waals surface area contributed by atoms with Gasteiger partial charge >= 0.3 is 0 Å². The maximum Gasteiger partial charge on any atom is 0.273 e. The lowest BCUT2D eigenvalue weighted by molar-refractivity contribution is -0.385. The number of nitrogens with zero attached hydrogens (tertiary/aromatic N) is 3. The molecule has 0 aliphatic carbocycles. The molecule has 176 valence electrons. The molecule has 10 heteroatoms. The van der Waals surface area contributed by atoms with Crippen molar-refractivity contribution in [2.75, 3.05) is 10.6 Å². The normalized spacial score (nSPS) is 13.8. The second-order valence-corrected chi connectivity index (χ2v) is 7.79. The third-order valence-electron chi connectivity index (χ3n) is 5.51. The summed E-state index contributed by atoms with van der Waals surface area (Å²) in [5, 5.41) is 20.4. The zero-order valence-corrected chi connectivity index (χ0v) is 19.0. The van der Waals surface area contributed by atoms with E-state index in [1.807, 2.05) is 0 Å². The van der Waals surface area contributed by atoms with Crippen molar-refractivity contribution in [3.8, 4) is 0 Å². The van der Waals surface area contributed by atoms with E-state index in [-0.39, 0.29) is 22.4 Å². The topological polar surface area (TPSA) is 139 Å². The molecule has 0 unspecified atom stereocenters. The second kappa shape index (κ2) is 9.96. The standard InChI is InChI=1S/C25H22N6O4/c1-15-21(24(32)29-19-11-5-7-13-26-19)23(17-9-3-4-10-18(17)31(34)35)22(16(2)28-15)25(33)30-20-12-6-8-14-27-20/h3-14,23,28H,1-2H3,(H,26,29,32)(H,27,30,33). The van der Waals surface area contributed by atoms with Gasteiger partial charge in [-0.3, -0.25) is 19.7 Å². The summed E-state index contributed by atoms with van der Waals surface area (Å²) >= 11 is 0. The molecule has 0 radical (unpaired) electrons. The van der Waals surface area contributed by atoms with Crippen LogP contribution in [0.2, 0.25) is 0 Å². The van der Waals surface area contributed by atoms with E-state index in [4.69, 9.17) is 0 Å². The fourth-order valence-corrected chi connectivity index (χ4v) is 4.05. The van der Waals surface area contributed by atoms with Gasteiger partial charge in [0.05, 0.1) is 10.8 Å². The van der Waals surface area contributed by atoms with Crippen LogP contribution in [0.25, 0.3) is 0 Å². The predicted octanol–water partition coefficient (Wildman–Crippen LogP) is 3.90. The van der Waals surface area contributed by atoms with E-state index in [1.54, 1.807) is 62.4 Å². The monoisotopic (exact) mass is 470 g/mol. The second-order valence-electron chi connectivity index (χ2n) is 7.79. The Kier molecular flexibility index (Phi) is 6.63. The molecule has 0 atom stereocenters. The van der Waals surface area contributed by atoms with Crippen LogP contribution >= 0.6 is 0 Å². The number of para-hydroxylation sites is 1. The van der Waals surface area contributed by atoms with Crippen LogP contribution in [0.4, 0.5) is 17.3 Å². The van der Waals surface area contributed by atoms with Crippen molar-refractivity contribution >= 4 is 29.1 Å². The van der Waals surface area contributed by atoms with Crippen molar-refractivity contribution in [3.05, 3.63) is 111 Å². The highest BCUT2D eigenvalue weighted by molar-refractivity contribution is 6.11. The highest BCUT2D eigenvalue weighted by Gasteiger charge is 2.39. The van der Waals surface area contributed by atoms with E-state index < -0.39 is 22.7 Å². The summed E-state index contributed by atoms with van der Waals surface area (Å²) < 4.78 is 0. The Labute approximate surface area is 201 Å². The number of dihydropyridines is 1. The minimum absolute atomic E-state index is 0.168. The number of anilines is 2. The van der Waals surface area contributed by atoms with Gasteiger partial charge in [0.15, 0.2) is 0 Å². The summed E-state index contributed by atoms with van der Waals surface area (Å²) in [6.45, 7) is 3.37. The van der Waals surface area contributed by atoms with Crippen molar-refractivity contribution in [2.24, 2.45) is 0 Å². The molecule has 10 nitrogen and oxygen atoms in total. The average Bonchev–Trinajstić information content (AvgIpc) is 2.84. The van der Waals surface area contributed by atoms with Crippen molar-refractivity contribution in [3.63, 3.8) is 0 Å². The first-order chi connectivity index (χ1) is 16.9. The molecule has 0 saturated heterocycles. The summed E-state index contributed by atoms with van der Waals surface area (Å²) in [5.41, 5.74) is 1.28. The molecular formula is C25H22N6O4. The lowest BCUT2D eigenvalue weighted by atomic mass is 9.79. The number of nitrogens with one attached hydrogen (secondary N) is 3. The first kappa shape index (κ1) is 23.3. The Bertz CT molecular complexity index is 1280. The van der Waals surface area contributed by atoms with Crippen LogP contribution in [-0.2, 0) is 9.59 Å². The maximum absolute atomic E-state index is 13.5. The van der Waals surface area contributed by atoms with Crippen LogP contribution < -0.4 is 16.0 Å². The SMILES string of the molecule is CC1=C(C(=O)Nc2ccccn2)C(c2ccccc2[N+](=O)[O-])C(C(=O)Nc2ccccn2)=C(C)N1. The lowest BCUT2D eigenvalue weighted by Crippen LogP contribution is -2.35. The molecule has 3 N–H and O–H groups in total. The number of carbonyl (C=O) groups is 2. The number of hydrogen-bond donors (Lipinski definition) is 3. The van der Waals surface area contributed by atoms with Gasteiger partial charge in [0, 0.05) is 46.6 Å².